The van der Waals surface area contributed by atoms with Crippen LogP contribution in [0.5, 0.6) is 0 Å². The molecule has 2 aromatic heterocycles. The van der Waals surface area contributed by atoms with E-state index < -0.39 is 10.0 Å². The van der Waals surface area contributed by atoms with Gasteiger partial charge in [0.25, 0.3) is 15.9 Å². The summed E-state index contributed by atoms with van der Waals surface area (Å²) in [6.45, 7) is 1.45. The van der Waals surface area contributed by atoms with Crippen LogP contribution in [0.2, 0.25) is 0 Å². The van der Waals surface area contributed by atoms with E-state index in [1.54, 1.807) is 24.4 Å². The van der Waals surface area contributed by atoms with Crippen molar-refractivity contribution in [3.05, 3.63) is 45.5 Å². The summed E-state index contributed by atoms with van der Waals surface area (Å²) in [5, 5.41) is 2.78. The van der Waals surface area contributed by atoms with E-state index in [9.17, 15) is 13.2 Å². The Balaban J connectivity index is 1.65. The van der Waals surface area contributed by atoms with E-state index in [1.807, 2.05) is 0 Å². The third kappa shape index (κ3) is 3.85. The van der Waals surface area contributed by atoms with Gasteiger partial charge in [0.15, 0.2) is 0 Å². The Morgan fingerprint density at radius 3 is 2.75 bits per heavy atom. The number of amides is 1. The second-order valence-electron chi connectivity index (χ2n) is 5.41. The van der Waals surface area contributed by atoms with Gasteiger partial charge >= 0.3 is 0 Å². The number of hydrogen-bond acceptors (Lipinski definition) is 5. The second kappa shape index (κ2) is 7.30. The molecule has 128 valence electrons. The maximum atomic E-state index is 12.5. The molecule has 0 bridgehead atoms. The molecule has 1 fully saturated rings. The third-order valence-electron chi connectivity index (χ3n) is 3.69. The minimum Gasteiger partial charge on any atom is -0.347 e. The van der Waals surface area contributed by atoms with Crippen LogP contribution in [0.25, 0.3) is 0 Å². The van der Waals surface area contributed by atoms with Crippen molar-refractivity contribution in [2.75, 3.05) is 13.1 Å². The molecule has 1 aliphatic rings. The fraction of sp³-hybridized carbons (Fsp3) is 0.333. The van der Waals surface area contributed by atoms with Crippen LogP contribution in [0.1, 0.15) is 28.1 Å². The number of aromatic nitrogens is 1. The van der Waals surface area contributed by atoms with Gasteiger partial charge in [-0.2, -0.15) is 4.31 Å². The number of hydrogen-bond donors (Lipinski definition) is 1. The third-order valence-corrected chi connectivity index (χ3v) is 7.57. The zero-order chi connectivity index (χ0) is 17.2. The number of thiophene rings is 1. The molecule has 0 atom stereocenters. The van der Waals surface area contributed by atoms with Crippen molar-refractivity contribution in [2.45, 2.75) is 23.6 Å². The van der Waals surface area contributed by atoms with Gasteiger partial charge in [-0.3, -0.25) is 9.78 Å². The fourth-order valence-electron chi connectivity index (χ4n) is 2.45. The zero-order valence-electron chi connectivity index (χ0n) is 12.7. The quantitative estimate of drug-likeness (QED) is 0.791. The SMILES string of the molecule is O=C(NCc1ccc(S(=O)(=O)N2CCCC2)s1)c1cncc(Br)c1. The minimum absolute atomic E-state index is 0.249. The maximum Gasteiger partial charge on any atom is 0.253 e. The standard InChI is InChI=1S/C15H16BrN3O3S2/c16-12-7-11(8-17-9-12)15(20)18-10-13-3-4-14(23-13)24(21,22)19-5-1-2-6-19/h3-4,7-9H,1-2,5-6,10H2,(H,18,20). The van der Waals surface area contributed by atoms with Crippen LogP contribution in [-0.4, -0.2) is 36.7 Å². The molecule has 9 heteroatoms. The molecule has 24 heavy (non-hydrogen) atoms. The smallest absolute Gasteiger partial charge is 0.253 e. The molecule has 0 unspecified atom stereocenters. The number of pyridine rings is 1. The van der Waals surface area contributed by atoms with Gasteiger partial charge in [0.1, 0.15) is 4.21 Å². The van der Waals surface area contributed by atoms with Crippen molar-refractivity contribution >= 4 is 43.2 Å². The Kier molecular flexibility index (Phi) is 5.33. The van der Waals surface area contributed by atoms with Crippen molar-refractivity contribution in [2.24, 2.45) is 0 Å². The molecule has 1 N–H and O–H groups in total. The lowest BCUT2D eigenvalue weighted by atomic mass is 10.2. The highest BCUT2D eigenvalue weighted by molar-refractivity contribution is 9.10. The largest absolute Gasteiger partial charge is 0.347 e. The number of halogens is 1. The maximum absolute atomic E-state index is 12.5. The predicted octanol–water partition coefficient (Wildman–Crippen LogP) is 2.62. The molecule has 0 aromatic carbocycles. The Morgan fingerprint density at radius 2 is 2.04 bits per heavy atom. The first-order valence-corrected chi connectivity index (χ1v) is 10.5. The number of sulfonamides is 1. The van der Waals surface area contributed by atoms with E-state index in [2.05, 4.69) is 26.2 Å². The summed E-state index contributed by atoms with van der Waals surface area (Å²) in [4.78, 5) is 16.8. The highest BCUT2D eigenvalue weighted by atomic mass is 79.9. The van der Waals surface area contributed by atoms with Crippen LogP contribution in [0.3, 0.4) is 0 Å². The van der Waals surface area contributed by atoms with E-state index in [1.165, 1.54) is 21.8 Å². The van der Waals surface area contributed by atoms with Crippen molar-refractivity contribution in [1.82, 2.24) is 14.6 Å². The molecule has 3 heterocycles. The molecule has 2 aromatic rings. The fourth-order valence-corrected chi connectivity index (χ4v) is 5.78. The average Bonchev–Trinajstić information content (AvgIpc) is 3.24. The van der Waals surface area contributed by atoms with Gasteiger partial charge in [-0.1, -0.05) is 0 Å². The number of nitrogens with zero attached hydrogens (tertiary/aromatic N) is 2. The number of rotatable bonds is 5. The summed E-state index contributed by atoms with van der Waals surface area (Å²) in [6.07, 6.45) is 4.91. The summed E-state index contributed by atoms with van der Waals surface area (Å²) in [6, 6.07) is 5.04. The van der Waals surface area contributed by atoms with Crippen LogP contribution in [-0.2, 0) is 16.6 Å². The Labute approximate surface area is 153 Å². The van der Waals surface area contributed by atoms with E-state index in [0.29, 0.717) is 22.9 Å². The highest BCUT2D eigenvalue weighted by Gasteiger charge is 2.28. The van der Waals surface area contributed by atoms with Gasteiger partial charge in [0.05, 0.1) is 12.1 Å². The van der Waals surface area contributed by atoms with Crippen molar-refractivity contribution in [1.29, 1.82) is 0 Å². The van der Waals surface area contributed by atoms with Crippen LogP contribution < -0.4 is 5.32 Å². The summed E-state index contributed by atoms with van der Waals surface area (Å²) >= 11 is 4.47. The molecule has 3 rings (SSSR count). The molecule has 1 aliphatic heterocycles. The van der Waals surface area contributed by atoms with Gasteiger partial charge in [-0.25, -0.2) is 8.42 Å². The van der Waals surface area contributed by atoms with Crippen LogP contribution >= 0.6 is 27.3 Å². The lowest BCUT2D eigenvalue weighted by molar-refractivity contribution is 0.0951. The van der Waals surface area contributed by atoms with Gasteiger partial charge in [-0.15, -0.1) is 11.3 Å². The normalized spacial score (nSPS) is 15.5. The summed E-state index contributed by atoms with van der Waals surface area (Å²) in [5.74, 6) is -0.249. The number of carbonyl (C=O) groups is 1. The van der Waals surface area contributed by atoms with Crippen molar-refractivity contribution in [3.63, 3.8) is 0 Å². The van der Waals surface area contributed by atoms with Crippen molar-refractivity contribution < 1.29 is 13.2 Å². The highest BCUT2D eigenvalue weighted by Crippen LogP contribution is 2.27. The first-order chi connectivity index (χ1) is 11.5. The van der Waals surface area contributed by atoms with Gasteiger partial charge in [0.2, 0.25) is 0 Å². The van der Waals surface area contributed by atoms with Crippen LogP contribution in [0.15, 0.2) is 39.3 Å². The number of nitrogens with one attached hydrogen (secondary N) is 1. The first-order valence-electron chi connectivity index (χ1n) is 7.44. The number of carbonyl (C=O) groups excluding carboxylic acids is 1. The molecule has 0 saturated carbocycles. The Hall–Kier alpha value is -1.29. The van der Waals surface area contributed by atoms with Crippen LogP contribution in [0, 0.1) is 0 Å². The topological polar surface area (TPSA) is 79.4 Å². The van der Waals surface area contributed by atoms with Crippen LogP contribution in [0.4, 0.5) is 0 Å². The molecule has 0 spiro atoms. The lowest BCUT2D eigenvalue weighted by Crippen LogP contribution is -2.27. The van der Waals surface area contributed by atoms with E-state index in [4.69, 9.17) is 0 Å². The molecule has 0 radical (unpaired) electrons. The minimum atomic E-state index is -3.39. The Morgan fingerprint density at radius 1 is 1.29 bits per heavy atom. The Bertz CT molecular complexity index is 845. The lowest BCUT2D eigenvalue weighted by Gasteiger charge is -2.13. The van der Waals surface area contributed by atoms with Gasteiger partial charge in [0, 0.05) is 34.8 Å². The van der Waals surface area contributed by atoms with E-state index >= 15 is 0 Å². The summed E-state index contributed by atoms with van der Waals surface area (Å²) < 4.78 is 27.5. The zero-order valence-corrected chi connectivity index (χ0v) is 16.0. The summed E-state index contributed by atoms with van der Waals surface area (Å²) in [7, 11) is -3.39. The molecular weight excluding hydrogens is 414 g/mol. The first kappa shape index (κ1) is 17.5. The molecular formula is C15H16BrN3O3S2. The van der Waals surface area contributed by atoms with Gasteiger partial charge < -0.3 is 5.32 Å². The second-order valence-corrected chi connectivity index (χ2v) is 9.66. The summed E-state index contributed by atoms with van der Waals surface area (Å²) in [5.41, 5.74) is 0.450. The van der Waals surface area contributed by atoms with Gasteiger partial charge in [-0.05, 0) is 47.0 Å². The monoisotopic (exact) mass is 429 g/mol. The molecule has 6 nitrogen and oxygen atoms in total. The molecule has 0 aliphatic carbocycles. The van der Waals surface area contributed by atoms with Crippen molar-refractivity contribution in [3.8, 4) is 0 Å². The predicted molar refractivity (Wildman–Crippen MR) is 95.4 cm³/mol. The molecule has 1 saturated heterocycles. The molecule has 1 amide bonds. The average molecular weight is 430 g/mol. The van der Waals surface area contributed by atoms with E-state index in [0.717, 1.165) is 22.2 Å². The van der Waals surface area contributed by atoms with E-state index in [-0.39, 0.29) is 12.5 Å².